The molecule has 0 spiro atoms. The number of aliphatic hydroxyl groups excluding tert-OH is 1. The predicted octanol–water partition coefficient (Wildman–Crippen LogP) is 1.40. The Hall–Kier alpha value is -1.20. The molecule has 120 valence electrons. The molecule has 1 rings (SSSR count). The van der Waals surface area contributed by atoms with E-state index in [-0.39, 0.29) is 18.3 Å². The Morgan fingerprint density at radius 1 is 1.33 bits per heavy atom. The molecule has 5 heteroatoms. The van der Waals surface area contributed by atoms with E-state index < -0.39 is 17.9 Å². The zero-order valence-corrected chi connectivity index (χ0v) is 13.1. The van der Waals surface area contributed by atoms with Crippen molar-refractivity contribution in [2.24, 2.45) is 11.8 Å². The van der Waals surface area contributed by atoms with Gasteiger partial charge in [0.05, 0.1) is 12.0 Å². The van der Waals surface area contributed by atoms with E-state index in [9.17, 15) is 14.7 Å². The quantitative estimate of drug-likeness (QED) is 0.516. The number of ether oxygens (including phenoxy) is 1. The number of methoxy groups -OCH3 is 1. The fourth-order valence-electron chi connectivity index (χ4n) is 2.92. The van der Waals surface area contributed by atoms with E-state index in [1.54, 1.807) is 11.9 Å². The zero-order chi connectivity index (χ0) is 15.8. The Bertz CT molecular complexity index is 369. The lowest BCUT2D eigenvalue weighted by Gasteiger charge is -2.24. The van der Waals surface area contributed by atoms with Crippen LogP contribution >= 0.6 is 0 Å². The molecule has 0 aliphatic heterocycles. The van der Waals surface area contributed by atoms with E-state index in [0.717, 1.165) is 19.3 Å². The van der Waals surface area contributed by atoms with Crippen molar-refractivity contribution in [3.05, 3.63) is 12.7 Å². The highest BCUT2D eigenvalue weighted by atomic mass is 16.5. The molecule has 0 radical (unpaired) electrons. The molecule has 0 saturated heterocycles. The Morgan fingerprint density at radius 3 is 2.62 bits per heavy atom. The summed E-state index contributed by atoms with van der Waals surface area (Å²) in [5, 5.41) is 9.79. The van der Waals surface area contributed by atoms with Crippen molar-refractivity contribution >= 4 is 11.7 Å². The normalized spacial score (nSPS) is 24.8. The van der Waals surface area contributed by atoms with Crippen LogP contribution in [-0.4, -0.2) is 55.1 Å². The van der Waals surface area contributed by atoms with Crippen LogP contribution in [0.5, 0.6) is 0 Å². The number of Topliss-reactive ketones (excluding diaryl/α,β-unsaturated/α-hetero) is 1. The Kier molecular flexibility index (Phi) is 7.61. The number of hydrogen-bond acceptors (Lipinski definition) is 4. The lowest BCUT2D eigenvalue weighted by molar-refractivity contribution is -0.140. The molecule has 0 aromatic rings. The van der Waals surface area contributed by atoms with Crippen molar-refractivity contribution in [2.45, 2.75) is 38.2 Å². The third-order valence-corrected chi connectivity index (χ3v) is 4.08. The molecule has 0 unspecified atom stereocenters. The van der Waals surface area contributed by atoms with Crippen LogP contribution in [0.15, 0.2) is 12.7 Å². The van der Waals surface area contributed by atoms with Crippen LogP contribution in [0.1, 0.15) is 32.1 Å². The van der Waals surface area contributed by atoms with Crippen molar-refractivity contribution in [2.75, 3.05) is 27.3 Å². The monoisotopic (exact) mass is 297 g/mol. The number of carbonyl (C=O) groups is 2. The molecular weight excluding hydrogens is 270 g/mol. The number of aliphatic hydroxyl groups is 1. The molecule has 1 amide bonds. The first-order valence-corrected chi connectivity index (χ1v) is 7.56. The number of nitrogens with zero attached hydrogens (tertiary/aromatic N) is 1. The average molecular weight is 297 g/mol. The van der Waals surface area contributed by atoms with Crippen LogP contribution < -0.4 is 0 Å². The number of hydrogen-bond donors (Lipinski definition) is 1. The predicted molar refractivity (Wildman–Crippen MR) is 80.8 cm³/mol. The summed E-state index contributed by atoms with van der Waals surface area (Å²) in [4.78, 5) is 26.2. The summed E-state index contributed by atoms with van der Waals surface area (Å²) in [5.41, 5.74) is 0. The van der Waals surface area contributed by atoms with Crippen LogP contribution in [-0.2, 0) is 14.3 Å². The SMILES string of the molecule is C=CCCCCN(C)C(=O)[C@@H]1C[C@@H](O)C[C@H]1C(=O)COC. The molecule has 0 heterocycles. The summed E-state index contributed by atoms with van der Waals surface area (Å²) in [6.07, 6.45) is 4.90. The Labute approximate surface area is 127 Å². The van der Waals surface area contributed by atoms with Crippen LogP contribution in [0.3, 0.4) is 0 Å². The van der Waals surface area contributed by atoms with Gasteiger partial charge in [0.25, 0.3) is 0 Å². The lowest BCUT2D eigenvalue weighted by atomic mass is 9.91. The van der Waals surface area contributed by atoms with Crippen LogP contribution in [0.4, 0.5) is 0 Å². The van der Waals surface area contributed by atoms with Crippen LogP contribution in [0, 0.1) is 11.8 Å². The number of amides is 1. The molecule has 21 heavy (non-hydrogen) atoms. The zero-order valence-electron chi connectivity index (χ0n) is 13.1. The molecule has 1 fully saturated rings. The fourth-order valence-corrected chi connectivity index (χ4v) is 2.92. The first-order chi connectivity index (χ1) is 10.0. The number of ketones is 1. The topological polar surface area (TPSA) is 66.8 Å². The number of allylic oxidation sites excluding steroid dienone is 1. The standard InChI is InChI=1S/C16H27NO4/c1-4-5-6-7-8-17(2)16(20)14-10-12(18)9-13(14)15(19)11-21-3/h4,12-14,18H,1,5-11H2,2-3H3/t12-,13+,14+/m0/s1. The number of unbranched alkanes of at least 4 members (excludes halogenated alkanes) is 2. The molecule has 0 bridgehead atoms. The average Bonchev–Trinajstić information content (AvgIpc) is 2.85. The molecule has 0 aromatic carbocycles. The van der Waals surface area contributed by atoms with Crippen molar-refractivity contribution in [1.82, 2.24) is 4.90 Å². The molecule has 0 aromatic heterocycles. The summed E-state index contributed by atoms with van der Waals surface area (Å²) in [6.45, 7) is 4.35. The van der Waals surface area contributed by atoms with Crippen molar-refractivity contribution in [3.63, 3.8) is 0 Å². The van der Waals surface area contributed by atoms with Crippen molar-refractivity contribution < 1.29 is 19.4 Å². The second kappa shape index (κ2) is 8.95. The lowest BCUT2D eigenvalue weighted by Crippen LogP contribution is -2.38. The van der Waals surface area contributed by atoms with Gasteiger partial charge in [-0.2, -0.15) is 0 Å². The molecule has 1 aliphatic carbocycles. The fraction of sp³-hybridized carbons (Fsp3) is 0.750. The maximum absolute atomic E-state index is 12.5. The van der Waals surface area contributed by atoms with Gasteiger partial charge in [0, 0.05) is 26.6 Å². The van der Waals surface area contributed by atoms with E-state index in [0.29, 0.717) is 19.4 Å². The maximum atomic E-state index is 12.5. The van der Waals surface area contributed by atoms with Gasteiger partial charge in [-0.05, 0) is 32.1 Å². The van der Waals surface area contributed by atoms with E-state index in [1.165, 1.54) is 7.11 Å². The molecular formula is C16H27NO4. The van der Waals surface area contributed by atoms with Crippen LogP contribution in [0.2, 0.25) is 0 Å². The van der Waals surface area contributed by atoms with E-state index in [2.05, 4.69) is 6.58 Å². The number of carbonyl (C=O) groups excluding carboxylic acids is 2. The van der Waals surface area contributed by atoms with Gasteiger partial charge in [0.1, 0.15) is 6.61 Å². The Morgan fingerprint density at radius 2 is 2.00 bits per heavy atom. The number of rotatable bonds is 9. The molecule has 1 aliphatic rings. The van der Waals surface area contributed by atoms with E-state index in [4.69, 9.17) is 4.74 Å². The van der Waals surface area contributed by atoms with Gasteiger partial charge in [-0.3, -0.25) is 9.59 Å². The third-order valence-electron chi connectivity index (χ3n) is 4.08. The minimum atomic E-state index is -0.570. The van der Waals surface area contributed by atoms with E-state index >= 15 is 0 Å². The molecule has 3 atom stereocenters. The Balaban J connectivity index is 2.56. The smallest absolute Gasteiger partial charge is 0.226 e. The van der Waals surface area contributed by atoms with Gasteiger partial charge >= 0.3 is 0 Å². The second-order valence-corrected chi connectivity index (χ2v) is 5.78. The van der Waals surface area contributed by atoms with Crippen molar-refractivity contribution in [1.29, 1.82) is 0 Å². The highest BCUT2D eigenvalue weighted by Crippen LogP contribution is 2.34. The third kappa shape index (κ3) is 5.25. The van der Waals surface area contributed by atoms with Crippen molar-refractivity contribution in [3.8, 4) is 0 Å². The highest BCUT2D eigenvalue weighted by Gasteiger charge is 2.42. The van der Waals surface area contributed by atoms with Crippen LogP contribution in [0.25, 0.3) is 0 Å². The maximum Gasteiger partial charge on any atom is 0.226 e. The minimum absolute atomic E-state index is 0.00418. The largest absolute Gasteiger partial charge is 0.393 e. The summed E-state index contributed by atoms with van der Waals surface area (Å²) in [5.74, 6) is -0.956. The van der Waals surface area contributed by atoms with Gasteiger partial charge in [-0.1, -0.05) is 6.08 Å². The van der Waals surface area contributed by atoms with Gasteiger partial charge in [-0.15, -0.1) is 6.58 Å². The molecule has 1 saturated carbocycles. The highest BCUT2D eigenvalue weighted by molar-refractivity contribution is 5.90. The van der Waals surface area contributed by atoms with E-state index in [1.807, 2.05) is 6.08 Å². The molecule has 5 nitrogen and oxygen atoms in total. The second-order valence-electron chi connectivity index (χ2n) is 5.78. The summed E-state index contributed by atoms with van der Waals surface area (Å²) in [7, 11) is 3.23. The van der Waals surface area contributed by atoms with Gasteiger partial charge in [0.2, 0.25) is 5.91 Å². The van der Waals surface area contributed by atoms with Gasteiger partial charge < -0.3 is 14.7 Å². The van der Waals surface area contributed by atoms with Gasteiger partial charge in [-0.25, -0.2) is 0 Å². The first-order valence-electron chi connectivity index (χ1n) is 7.56. The molecule has 1 N–H and O–H groups in total. The minimum Gasteiger partial charge on any atom is -0.393 e. The summed E-state index contributed by atoms with van der Waals surface area (Å²) >= 11 is 0. The summed E-state index contributed by atoms with van der Waals surface area (Å²) < 4.78 is 4.87. The first kappa shape index (κ1) is 17.9. The summed E-state index contributed by atoms with van der Waals surface area (Å²) in [6, 6.07) is 0. The van der Waals surface area contributed by atoms with Gasteiger partial charge in [0.15, 0.2) is 5.78 Å².